The van der Waals surface area contributed by atoms with Gasteiger partial charge in [-0.3, -0.25) is 4.99 Å². The number of guanidine groups is 1. The van der Waals surface area contributed by atoms with Crippen LogP contribution in [0.5, 0.6) is 0 Å². The van der Waals surface area contributed by atoms with Crippen LogP contribution in [-0.4, -0.2) is 32.6 Å². The molecule has 0 spiro atoms. The third-order valence-electron chi connectivity index (χ3n) is 5.33. The van der Waals surface area contributed by atoms with Gasteiger partial charge in [0.25, 0.3) is 0 Å². The Balaban J connectivity index is 1.61. The third-order valence-corrected chi connectivity index (χ3v) is 5.33. The molecular weight excluding hydrogens is 321 g/mol. The minimum absolute atomic E-state index is 0.131. The lowest BCUT2D eigenvalue weighted by Crippen LogP contribution is -2.25. The molecule has 2 fully saturated rings. The smallest absolute Gasteiger partial charge is 0.193 e. The molecule has 0 radical (unpaired) electrons. The zero-order valence-electron chi connectivity index (χ0n) is 14.3. The Hall–Kier alpha value is -2.38. The van der Waals surface area contributed by atoms with E-state index in [-0.39, 0.29) is 23.7 Å². The summed E-state index contributed by atoms with van der Waals surface area (Å²) in [6.07, 6.45) is 6.41. The number of nitrogens with one attached hydrogen (secondary N) is 1. The summed E-state index contributed by atoms with van der Waals surface area (Å²) < 4.78 is 15.6. The van der Waals surface area contributed by atoms with Gasteiger partial charge in [-0.2, -0.15) is 9.61 Å². The topological polar surface area (TPSA) is 107 Å². The van der Waals surface area contributed by atoms with Crippen molar-refractivity contribution in [2.24, 2.45) is 22.4 Å². The van der Waals surface area contributed by atoms with E-state index in [4.69, 9.17) is 11.5 Å². The van der Waals surface area contributed by atoms with Crippen molar-refractivity contribution < 1.29 is 4.39 Å². The maximum absolute atomic E-state index is 14.1. The molecule has 7 nitrogen and oxygen atoms in total. The Morgan fingerprint density at radius 3 is 2.88 bits per heavy atom. The molecule has 2 aliphatic carbocycles. The standard InChI is InChI=1S/C17H24FN7/c1-9(10-2-3-10)14-7-15(25-16(24-14)13(18)8-21-25)22-11-4-5-12(6-11)23-17(19)20/h7-12,22H,2-6H2,1H3,(H4,19,20,23)/t9?,11-,12-/m0/s1. The van der Waals surface area contributed by atoms with E-state index in [0.717, 1.165) is 30.8 Å². The van der Waals surface area contributed by atoms with Crippen LogP contribution in [0.3, 0.4) is 0 Å². The first-order valence-corrected chi connectivity index (χ1v) is 8.90. The molecule has 3 atom stereocenters. The number of halogens is 1. The third kappa shape index (κ3) is 3.25. The lowest BCUT2D eigenvalue weighted by Gasteiger charge is -2.17. The van der Waals surface area contributed by atoms with Gasteiger partial charge in [0.05, 0.1) is 12.2 Å². The fourth-order valence-corrected chi connectivity index (χ4v) is 3.75. The molecule has 8 heteroatoms. The highest BCUT2D eigenvalue weighted by Gasteiger charge is 2.31. The van der Waals surface area contributed by atoms with Crippen LogP contribution in [0.4, 0.5) is 10.2 Å². The predicted molar refractivity (Wildman–Crippen MR) is 94.9 cm³/mol. The average Bonchev–Trinajstić information content (AvgIpc) is 3.23. The largest absolute Gasteiger partial charge is 0.370 e. The number of nitrogens with two attached hydrogens (primary N) is 2. The van der Waals surface area contributed by atoms with Gasteiger partial charge >= 0.3 is 0 Å². The molecule has 2 aromatic rings. The number of nitrogens with zero attached hydrogens (tertiary/aromatic N) is 4. The van der Waals surface area contributed by atoms with E-state index >= 15 is 0 Å². The van der Waals surface area contributed by atoms with Gasteiger partial charge in [0.1, 0.15) is 5.82 Å². The number of anilines is 1. The van der Waals surface area contributed by atoms with E-state index in [1.165, 1.54) is 19.0 Å². The molecule has 1 unspecified atom stereocenters. The lowest BCUT2D eigenvalue weighted by atomic mass is 10.0. The Bertz CT molecular complexity index is 807. The maximum Gasteiger partial charge on any atom is 0.193 e. The highest BCUT2D eigenvalue weighted by molar-refractivity contribution is 5.75. The van der Waals surface area contributed by atoms with Crippen LogP contribution in [0.25, 0.3) is 5.65 Å². The van der Waals surface area contributed by atoms with Gasteiger partial charge in [0.2, 0.25) is 0 Å². The van der Waals surface area contributed by atoms with Crippen molar-refractivity contribution in [3.63, 3.8) is 0 Å². The first-order chi connectivity index (χ1) is 12.0. The summed E-state index contributed by atoms with van der Waals surface area (Å²) in [6, 6.07) is 2.38. The molecule has 2 aliphatic rings. The van der Waals surface area contributed by atoms with Crippen LogP contribution in [0.15, 0.2) is 17.3 Å². The SMILES string of the molecule is CC(c1cc(N[C@H]2CC[C@H](N=C(N)N)C2)n2ncc(F)c2n1)C1CC1. The quantitative estimate of drug-likeness (QED) is 0.567. The predicted octanol–water partition coefficient (Wildman–Crippen LogP) is 1.99. The van der Waals surface area contributed by atoms with Crippen molar-refractivity contribution >= 4 is 17.4 Å². The molecule has 25 heavy (non-hydrogen) atoms. The van der Waals surface area contributed by atoms with Crippen LogP contribution in [0, 0.1) is 11.7 Å². The molecule has 5 N–H and O–H groups in total. The fourth-order valence-electron chi connectivity index (χ4n) is 3.75. The molecular formula is C17H24FN7. The van der Waals surface area contributed by atoms with Crippen LogP contribution in [0.1, 0.15) is 50.6 Å². The van der Waals surface area contributed by atoms with Crippen molar-refractivity contribution in [2.75, 3.05) is 5.32 Å². The minimum Gasteiger partial charge on any atom is -0.370 e. The van der Waals surface area contributed by atoms with E-state index in [2.05, 4.69) is 27.3 Å². The molecule has 2 heterocycles. The highest BCUT2D eigenvalue weighted by atomic mass is 19.1. The van der Waals surface area contributed by atoms with Crippen LogP contribution < -0.4 is 16.8 Å². The molecule has 0 saturated heterocycles. The van der Waals surface area contributed by atoms with Crippen LogP contribution in [-0.2, 0) is 0 Å². The van der Waals surface area contributed by atoms with Crippen molar-refractivity contribution in [1.29, 1.82) is 0 Å². The summed E-state index contributed by atoms with van der Waals surface area (Å²) in [6.45, 7) is 2.17. The second-order valence-electron chi connectivity index (χ2n) is 7.28. The molecule has 0 bridgehead atoms. The number of fused-ring (bicyclic) bond motifs is 1. The summed E-state index contributed by atoms with van der Waals surface area (Å²) >= 11 is 0. The van der Waals surface area contributed by atoms with E-state index in [1.807, 2.05) is 6.07 Å². The molecule has 2 aromatic heterocycles. The van der Waals surface area contributed by atoms with Crippen molar-refractivity contribution in [3.8, 4) is 0 Å². The molecule has 134 valence electrons. The van der Waals surface area contributed by atoms with Gasteiger partial charge in [0, 0.05) is 23.7 Å². The molecule has 4 rings (SSSR count). The monoisotopic (exact) mass is 345 g/mol. The van der Waals surface area contributed by atoms with Gasteiger partial charge in [-0.25, -0.2) is 9.37 Å². The Morgan fingerprint density at radius 2 is 2.16 bits per heavy atom. The summed E-state index contributed by atoms with van der Waals surface area (Å²) in [5, 5.41) is 7.64. The van der Waals surface area contributed by atoms with Gasteiger partial charge in [-0.15, -0.1) is 0 Å². The van der Waals surface area contributed by atoms with Gasteiger partial charge in [-0.05, 0) is 38.0 Å². The summed E-state index contributed by atoms with van der Waals surface area (Å²) in [4.78, 5) is 8.77. The normalized spacial score (nSPS) is 24.4. The van der Waals surface area contributed by atoms with Crippen molar-refractivity contribution in [1.82, 2.24) is 14.6 Å². The molecule has 2 saturated carbocycles. The zero-order chi connectivity index (χ0) is 17.6. The van der Waals surface area contributed by atoms with E-state index in [0.29, 0.717) is 11.8 Å². The molecule has 0 amide bonds. The summed E-state index contributed by atoms with van der Waals surface area (Å²) in [5.41, 5.74) is 12.2. The molecule has 0 aliphatic heterocycles. The first-order valence-electron chi connectivity index (χ1n) is 8.90. The maximum atomic E-state index is 14.1. The molecule has 0 aromatic carbocycles. The highest BCUT2D eigenvalue weighted by Crippen LogP contribution is 2.42. The van der Waals surface area contributed by atoms with E-state index in [1.54, 1.807) is 4.52 Å². The van der Waals surface area contributed by atoms with E-state index < -0.39 is 5.82 Å². The van der Waals surface area contributed by atoms with Crippen LogP contribution >= 0.6 is 0 Å². The second kappa shape index (κ2) is 6.16. The zero-order valence-corrected chi connectivity index (χ0v) is 14.3. The van der Waals surface area contributed by atoms with Gasteiger partial charge in [-0.1, -0.05) is 6.92 Å². The summed E-state index contributed by atoms with van der Waals surface area (Å²) in [7, 11) is 0. The average molecular weight is 345 g/mol. The second-order valence-corrected chi connectivity index (χ2v) is 7.28. The van der Waals surface area contributed by atoms with Crippen LogP contribution in [0.2, 0.25) is 0 Å². The summed E-state index contributed by atoms with van der Waals surface area (Å²) in [5.74, 6) is 1.51. The first kappa shape index (κ1) is 16.1. The number of aromatic nitrogens is 3. The Labute approximate surface area is 145 Å². The van der Waals surface area contributed by atoms with Gasteiger partial charge < -0.3 is 16.8 Å². The lowest BCUT2D eigenvalue weighted by molar-refractivity contribution is 0.623. The minimum atomic E-state index is -0.391. The number of hydrogen-bond donors (Lipinski definition) is 3. The number of hydrogen-bond acceptors (Lipinski definition) is 4. The van der Waals surface area contributed by atoms with Crippen molar-refractivity contribution in [2.45, 2.75) is 57.0 Å². The van der Waals surface area contributed by atoms with Gasteiger partial charge in [0.15, 0.2) is 17.4 Å². The Morgan fingerprint density at radius 1 is 1.36 bits per heavy atom. The van der Waals surface area contributed by atoms with E-state index in [9.17, 15) is 4.39 Å². The number of aliphatic imine (C=N–C) groups is 1. The fraction of sp³-hybridized carbons (Fsp3) is 0.588. The van der Waals surface area contributed by atoms with Crippen molar-refractivity contribution in [3.05, 3.63) is 23.8 Å². The number of rotatable bonds is 5. The Kier molecular flexibility index (Phi) is 3.97.